The van der Waals surface area contributed by atoms with Crippen LogP contribution in [0.25, 0.3) is 0 Å². The maximum atomic E-state index is 12.6. The lowest BCUT2D eigenvalue weighted by Crippen LogP contribution is -2.30. The highest BCUT2D eigenvalue weighted by Crippen LogP contribution is 2.38. The Hall–Kier alpha value is -0.870. The summed E-state index contributed by atoms with van der Waals surface area (Å²) in [7, 11) is 0. The van der Waals surface area contributed by atoms with Crippen LogP contribution in [0.15, 0.2) is 0 Å². The van der Waals surface area contributed by atoms with Gasteiger partial charge in [-0.3, -0.25) is 0 Å². The predicted octanol–water partition coefficient (Wildman–Crippen LogP) is 4.93. The van der Waals surface area contributed by atoms with E-state index in [-0.39, 0.29) is 6.10 Å². The highest BCUT2D eigenvalue weighted by Gasteiger charge is 2.31. The lowest BCUT2D eigenvalue weighted by Gasteiger charge is -2.35. The van der Waals surface area contributed by atoms with E-state index in [0.717, 1.165) is 44.4 Å². The molecular formula is C16H26F2O3. The molecule has 0 aromatic heterocycles. The molecule has 2 saturated carbocycles. The van der Waals surface area contributed by atoms with Crippen LogP contribution >= 0.6 is 0 Å². The Balaban J connectivity index is 1.65. The van der Waals surface area contributed by atoms with E-state index in [2.05, 4.69) is 4.74 Å². The summed E-state index contributed by atoms with van der Waals surface area (Å²) in [6, 6.07) is 0. The Morgan fingerprint density at radius 3 is 2.14 bits per heavy atom. The van der Waals surface area contributed by atoms with Crippen molar-refractivity contribution in [3.63, 3.8) is 0 Å². The molecule has 2 aliphatic rings. The number of rotatable bonds is 4. The SMILES string of the molecule is CC(F)(F)COC(=O)OC1CCC(C2CCCCC2)CC1. The first-order valence-electron chi connectivity index (χ1n) is 8.15. The number of carbonyl (C=O) groups excluding carboxylic acids is 1. The molecule has 3 nitrogen and oxygen atoms in total. The number of alkyl halides is 2. The summed E-state index contributed by atoms with van der Waals surface area (Å²) in [5, 5.41) is 0. The summed E-state index contributed by atoms with van der Waals surface area (Å²) in [6.45, 7) is -0.196. The molecule has 0 N–H and O–H groups in total. The summed E-state index contributed by atoms with van der Waals surface area (Å²) < 4.78 is 34.7. The Morgan fingerprint density at radius 2 is 1.57 bits per heavy atom. The van der Waals surface area contributed by atoms with Crippen molar-refractivity contribution in [2.75, 3.05) is 6.61 Å². The zero-order valence-electron chi connectivity index (χ0n) is 12.8. The van der Waals surface area contributed by atoms with Gasteiger partial charge in [-0.25, -0.2) is 13.6 Å². The second-order valence-corrected chi connectivity index (χ2v) is 6.66. The van der Waals surface area contributed by atoms with E-state index in [4.69, 9.17) is 4.74 Å². The largest absolute Gasteiger partial charge is 0.508 e. The van der Waals surface area contributed by atoms with Gasteiger partial charge in [0, 0.05) is 6.92 Å². The maximum Gasteiger partial charge on any atom is 0.508 e. The van der Waals surface area contributed by atoms with Gasteiger partial charge >= 0.3 is 6.16 Å². The van der Waals surface area contributed by atoms with E-state index in [9.17, 15) is 13.6 Å². The minimum atomic E-state index is -3.00. The lowest BCUT2D eigenvalue weighted by atomic mass is 9.73. The van der Waals surface area contributed by atoms with Crippen LogP contribution in [0.4, 0.5) is 13.6 Å². The minimum absolute atomic E-state index is 0.164. The molecule has 0 aliphatic heterocycles. The Morgan fingerprint density at radius 1 is 1.00 bits per heavy atom. The minimum Gasteiger partial charge on any atom is -0.431 e. The Labute approximate surface area is 125 Å². The van der Waals surface area contributed by atoms with Gasteiger partial charge in [0.05, 0.1) is 0 Å². The third kappa shape index (κ3) is 5.79. The second kappa shape index (κ2) is 7.41. The molecule has 0 unspecified atom stereocenters. The summed E-state index contributed by atoms with van der Waals surface area (Å²) >= 11 is 0. The summed E-state index contributed by atoms with van der Waals surface area (Å²) in [5.74, 6) is -1.41. The van der Waals surface area contributed by atoms with Crippen LogP contribution < -0.4 is 0 Å². The first kappa shape index (κ1) is 16.5. The predicted molar refractivity (Wildman–Crippen MR) is 75.4 cm³/mol. The summed E-state index contributed by atoms with van der Waals surface area (Å²) in [6.07, 6.45) is 9.42. The third-order valence-electron chi connectivity index (χ3n) is 4.74. The van der Waals surface area contributed by atoms with E-state index in [1.165, 1.54) is 32.1 Å². The van der Waals surface area contributed by atoms with Gasteiger partial charge in [-0.1, -0.05) is 32.1 Å². The molecule has 21 heavy (non-hydrogen) atoms. The van der Waals surface area contributed by atoms with Crippen LogP contribution in [0, 0.1) is 11.8 Å². The molecule has 0 spiro atoms. The normalized spacial score (nSPS) is 28.1. The van der Waals surface area contributed by atoms with Crippen molar-refractivity contribution in [3.05, 3.63) is 0 Å². The van der Waals surface area contributed by atoms with E-state index >= 15 is 0 Å². The fourth-order valence-corrected chi connectivity index (χ4v) is 3.64. The number of hydrogen-bond acceptors (Lipinski definition) is 3. The highest BCUT2D eigenvalue weighted by molar-refractivity contribution is 5.60. The van der Waals surface area contributed by atoms with Crippen molar-refractivity contribution in [2.24, 2.45) is 11.8 Å². The average Bonchev–Trinajstić information content (AvgIpc) is 2.46. The Bertz CT molecular complexity index is 327. The van der Waals surface area contributed by atoms with Crippen LogP contribution in [-0.2, 0) is 9.47 Å². The molecule has 2 fully saturated rings. The van der Waals surface area contributed by atoms with Crippen molar-refractivity contribution >= 4 is 6.16 Å². The second-order valence-electron chi connectivity index (χ2n) is 6.66. The lowest BCUT2D eigenvalue weighted by molar-refractivity contribution is -0.0670. The van der Waals surface area contributed by atoms with Gasteiger partial charge in [-0.2, -0.15) is 0 Å². The summed E-state index contributed by atoms with van der Waals surface area (Å²) in [4.78, 5) is 11.4. The van der Waals surface area contributed by atoms with Gasteiger partial charge in [0.25, 0.3) is 5.92 Å². The van der Waals surface area contributed by atoms with Crippen LogP contribution in [0.2, 0.25) is 0 Å². The fraction of sp³-hybridized carbons (Fsp3) is 0.938. The van der Waals surface area contributed by atoms with E-state index in [0.29, 0.717) is 0 Å². The molecule has 5 heteroatoms. The summed E-state index contributed by atoms with van der Waals surface area (Å²) in [5.41, 5.74) is 0. The molecule has 0 heterocycles. The first-order valence-corrected chi connectivity index (χ1v) is 8.15. The number of ether oxygens (including phenoxy) is 2. The molecular weight excluding hydrogens is 278 g/mol. The maximum absolute atomic E-state index is 12.6. The van der Waals surface area contributed by atoms with E-state index in [1.54, 1.807) is 0 Å². The van der Waals surface area contributed by atoms with E-state index in [1.807, 2.05) is 0 Å². The molecule has 0 aromatic carbocycles. The third-order valence-corrected chi connectivity index (χ3v) is 4.74. The van der Waals surface area contributed by atoms with Crippen molar-refractivity contribution in [3.8, 4) is 0 Å². The average molecular weight is 304 g/mol. The van der Waals surface area contributed by atoms with Gasteiger partial charge in [-0.15, -0.1) is 0 Å². The molecule has 0 radical (unpaired) electrons. The molecule has 0 aromatic rings. The molecule has 2 rings (SSSR count). The van der Waals surface area contributed by atoms with E-state index < -0.39 is 18.7 Å². The smallest absolute Gasteiger partial charge is 0.431 e. The number of hydrogen-bond donors (Lipinski definition) is 0. The zero-order valence-corrected chi connectivity index (χ0v) is 12.8. The molecule has 2 aliphatic carbocycles. The first-order chi connectivity index (χ1) is 9.94. The standard InChI is InChI=1S/C16H26F2O3/c1-16(17,18)11-20-15(19)21-14-9-7-13(8-10-14)12-5-3-2-4-6-12/h12-14H,2-11H2,1H3. The quantitative estimate of drug-likeness (QED) is 0.690. The molecule has 122 valence electrons. The fourth-order valence-electron chi connectivity index (χ4n) is 3.64. The van der Waals surface area contributed by atoms with Gasteiger partial charge in [0.2, 0.25) is 0 Å². The number of halogens is 2. The highest BCUT2D eigenvalue weighted by atomic mass is 19.3. The van der Waals surface area contributed by atoms with Crippen molar-refractivity contribution < 1.29 is 23.0 Å². The Kier molecular flexibility index (Phi) is 5.82. The van der Waals surface area contributed by atoms with Crippen LogP contribution in [0.5, 0.6) is 0 Å². The molecule has 0 amide bonds. The van der Waals surface area contributed by atoms with Crippen LogP contribution in [-0.4, -0.2) is 24.8 Å². The number of carbonyl (C=O) groups is 1. The monoisotopic (exact) mass is 304 g/mol. The van der Waals surface area contributed by atoms with Crippen molar-refractivity contribution in [2.45, 2.75) is 76.7 Å². The van der Waals surface area contributed by atoms with Gasteiger partial charge in [0.1, 0.15) is 6.10 Å². The van der Waals surface area contributed by atoms with Gasteiger partial charge in [-0.05, 0) is 37.5 Å². The topological polar surface area (TPSA) is 35.5 Å². The van der Waals surface area contributed by atoms with Crippen LogP contribution in [0.3, 0.4) is 0 Å². The van der Waals surface area contributed by atoms with Gasteiger partial charge < -0.3 is 9.47 Å². The molecule has 0 bridgehead atoms. The zero-order chi connectivity index (χ0) is 15.3. The van der Waals surface area contributed by atoms with Crippen molar-refractivity contribution in [1.29, 1.82) is 0 Å². The molecule has 0 atom stereocenters. The molecule has 0 saturated heterocycles. The van der Waals surface area contributed by atoms with Crippen LogP contribution in [0.1, 0.15) is 64.7 Å². The van der Waals surface area contributed by atoms with Crippen molar-refractivity contribution in [1.82, 2.24) is 0 Å². The van der Waals surface area contributed by atoms with Gasteiger partial charge in [0.15, 0.2) is 6.61 Å².